The van der Waals surface area contributed by atoms with Crippen LogP contribution < -0.4 is 10.9 Å². The summed E-state index contributed by atoms with van der Waals surface area (Å²) in [5.74, 6) is -1.01. The summed E-state index contributed by atoms with van der Waals surface area (Å²) in [5.41, 5.74) is 4.49. The number of likely N-dealkylation sites (tertiary alicyclic amines) is 1. The minimum absolute atomic E-state index is 0.0695. The van der Waals surface area contributed by atoms with E-state index in [9.17, 15) is 14.4 Å². The molecule has 0 aromatic carbocycles. The number of hydrazine groups is 1. The van der Waals surface area contributed by atoms with Crippen molar-refractivity contribution in [3.8, 4) is 0 Å². The van der Waals surface area contributed by atoms with E-state index in [1.165, 1.54) is 14.0 Å². The second kappa shape index (κ2) is 6.95. The lowest BCUT2D eigenvalue weighted by atomic mass is 10.0. The van der Waals surface area contributed by atoms with Crippen molar-refractivity contribution in [1.29, 1.82) is 0 Å². The molecule has 102 valence electrons. The number of amides is 2. The molecule has 2 amide bonds. The second-order valence-corrected chi connectivity index (χ2v) is 4.23. The highest BCUT2D eigenvalue weighted by atomic mass is 16.5. The number of carbonyl (C=O) groups excluding carboxylic acids is 3. The number of nitrogens with zero attached hydrogens (tertiary/aromatic N) is 1. The van der Waals surface area contributed by atoms with Crippen LogP contribution in [0.2, 0.25) is 0 Å². The Labute approximate surface area is 106 Å². The zero-order valence-electron chi connectivity index (χ0n) is 10.7. The van der Waals surface area contributed by atoms with Crippen molar-refractivity contribution in [2.45, 2.75) is 32.2 Å². The van der Waals surface area contributed by atoms with E-state index < -0.39 is 0 Å². The zero-order valence-corrected chi connectivity index (χ0v) is 10.7. The van der Waals surface area contributed by atoms with Gasteiger partial charge in [-0.05, 0) is 19.4 Å². The second-order valence-electron chi connectivity index (χ2n) is 4.23. The van der Waals surface area contributed by atoms with Crippen LogP contribution >= 0.6 is 0 Å². The largest absolute Gasteiger partial charge is 0.468 e. The fourth-order valence-corrected chi connectivity index (χ4v) is 1.96. The number of rotatable bonds is 3. The molecule has 18 heavy (non-hydrogen) atoms. The Kier molecular flexibility index (Phi) is 5.57. The van der Waals surface area contributed by atoms with Crippen LogP contribution in [0.25, 0.3) is 0 Å². The number of carbonyl (C=O) groups is 3. The first kappa shape index (κ1) is 14.4. The molecule has 1 aliphatic rings. The van der Waals surface area contributed by atoms with Gasteiger partial charge in [0.05, 0.1) is 13.7 Å². The maximum Gasteiger partial charge on any atom is 0.323 e. The van der Waals surface area contributed by atoms with Crippen LogP contribution in [-0.2, 0) is 19.1 Å². The van der Waals surface area contributed by atoms with Gasteiger partial charge in [-0.1, -0.05) is 6.42 Å². The summed E-state index contributed by atoms with van der Waals surface area (Å²) in [6.45, 7) is 2.05. The summed E-state index contributed by atoms with van der Waals surface area (Å²) in [6, 6.07) is -0.369. The molecule has 1 saturated heterocycles. The minimum atomic E-state index is -0.369. The van der Waals surface area contributed by atoms with Crippen molar-refractivity contribution in [1.82, 2.24) is 15.8 Å². The average Bonchev–Trinajstić information content (AvgIpc) is 2.36. The lowest BCUT2D eigenvalue weighted by Crippen LogP contribution is -2.51. The molecular formula is C11H19N3O4. The standard InChI is InChI=1S/C11H19N3O4/c1-8(15)12-13-10(16)7-14-6-4-3-5-9(14)11(17)18-2/h9H,3-7H2,1-2H3,(H,12,15)(H,13,16)/t9-/m1/s1. The number of hydrogen-bond acceptors (Lipinski definition) is 5. The Balaban J connectivity index is 2.48. The van der Waals surface area contributed by atoms with Gasteiger partial charge >= 0.3 is 5.97 Å². The summed E-state index contributed by atoms with van der Waals surface area (Å²) >= 11 is 0. The maximum atomic E-state index is 11.6. The van der Waals surface area contributed by atoms with Gasteiger partial charge < -0.3 is 4.74 Å². The van der Waals surface area contributed by atoms with E-state index in [-0.39, 0.29) is 30.4 Å². The van der Waals surface area contributed by atoms with Crippen LogP contribution in [0.4, 0.5) is 0 Å². The van der Waals surface area contributed by atoms with Gasteiger partial charge in [0.15, 0.2) is 0 Å². The maximum absolute atomic E-state index is 11.6. The molecule has 1 fully saturated rings. The van der Waals surface area contributed by atoms with Gasteiger partial charge in [-0.3, -0.25) is 30.1 Å². The summed E-state index contributed by atoms with van der Waals surface area (Å²) < 4.78 is 4.72. The first-order chi connectivity index (χ1) is 8.54. The Morgan fingerprint density at radius 1 is 1.28 bits per heavy atom. The molecule has 1 rings (SSSR count). The van der Waals surface area contributed by atoms with Crippen LogP contribution in [-0.4, -0.2) is 48.9 Å². The molecule has 1 aliphatic heterocycles. The quantitative estimate of drug-likeness (QED) is 0.509. The summed E-state index contributed by atoms with van der Waals surface area (Å²) in [7, 11) is 1.34. The van der Waals surface area contributed by atoms with Crippen molar-refractivity contribution in [2.75, 3.05) is 20.2 Å². The number of ether oxygens (including phenoxy) is 1. The highest BCUT2D eigenvalue weighted by molar-refractivity contribution is 5.83. The monoisotopic (exact) mass is 257 g/mol. The minimum Gasteiger partial charge on any atom is -0.468 e. The van der Waals surface area contributed by atoms with Crippen LogP contribution in [0.15, 0.2) is 0 Å². The van der Waals surface area contributed by atoms with E-state index in [4.69, 9.17) is 4.74 Å². The summed E-state index contributed by atoms with van der Waals surface area (Å²) in [6.07, 6.45) is 2.59. The van der Waals surface area contributed by atoms with Gasteiger partial charge in [-0.25, -0.2) is 0 Å². The molecule has 0 spiro atoms. The molecule has 7 heteroatoms. The molecule has 0 saturated carbocycles. The predicted molar refractivity (Wildman–Crippen MR) is 63.2 cm³/mol. The molecule has 0 aliphatic carbocycles. The van der Waals surface area contributed by atoms with E-state index in [0.29, 0.717) is 13.0 Å². The third-order valence-electron chi connectivity index (χ3n) is 2.81. The van der Waals surface area contributed by atoms with E-state index in [0.717, 1.165) is 12.8 Å². The lowest BCUT2D eigenvalue weighted by Gasteiger charge is -2.32. The van der Waals surface area contributed by atoms with E-state index in [1.54, 1.807) is 4.90 Å². The van der Waals surface area contributed by atoms with Gasteiger partial charge in [-0.2, -0.15) is 0 Å². The molecule has 0 radical (unpaired) electrons. The molecule has 0 aromatic rings. The molecule has 0 unspecified atom stereocenters. The molecule has 0 aromatic heterocycles. The topological polar surface area (TPSA) is 87.7 Å². The van der Waals surface area contributed by atoms with Crippen LogP contribution in [0.1, 0.15) is 26.2 Å². The van der Waals surface area contributed by atoms with Crippen molar-refractivity contribution in [2.24, 2.45) is 0 Å². The number of esters is 1. The summed E-state index contributed by atoms with van der Waals surface area (Å²) in [5, 5.41) is 0. The number of nitrogens with one attached hydrogen (secondary N) is 2. The van der Waals surface area contributed by atoms with Crippen LogP contribution in [0.5, 0.6) is 0 Å². The first-order valence-electron chi connectivity index (χ1n) is 5.92. The highest BCUT2D eigenvalue weighted by Crippen LogP contribution is 2.17. The molecule has 2 N–H and O–H groups in total. The Morgan fingerprint density at radius 3 is 2.61 bits per heavy atom. The molecule has 0 bridgehead atoms. The molecule has 1 heterocycles. The number of hydrogen-bond donors (Lipinski definition) is 2. The van der Waals surface area contributed by atoms with Crippen molar-refractivity contribution < 1.29 is 19.1 Å². The van der Waals surface area contributed by atoms with Crippen LogP contribution in [0.3, 0.4) is 0 Å². The third kappa shape index (κ3) is 4.33. The summed E-state index contributed by atoms with van der Waals surface area (Å²) in [4.78, 5) is 35.5. The van der Waals surface area contributed by atoms with Gasteiger partial charge in [0, 0.05) is 6.92 Å². The Bertz CT molecular complexity index is 332. The SMILES string of the molecule is COC(=O)[C@H]1CCCCN1CC(=O)NNC(C)=O. The highest BCUT2D eigenvalue weighted by Gasteiger charge is 2.30. The smallest absolute Gasteiger partial charge is 0.323 e. The van der Waals surface area contributed by atoms with Crippen molar-refractivity contribution in [3.05, 3.63) is 0 Å². The fourth-order valence-electron chi connectivity index (χ4n) is 1.96. The predicted octanol–water partition coefficient (Wildman–Crippen LogP) is -0.819. The molecular weight excluding hydrogens is 238 g/mol. The Morgan fingerprint density at radius 2 is 2.00 bits per heavy atom. The lowest BCUT2D eigenvalue weighted by molar-refractivity contribution is -0.149. The van der Waals surface area contributed by atoms with E-state index >= 15 is 0 Å². The zero-order chi connectivity index (χ0) is 13.5. The first-order valence-corrected chi connectivity index (χ1v) is 5.92. The van der Waals surface area contributed by atoms with E-state index in [1.807, 2.05) is 0 Å². The Hall–Kier alpha value is -1.63. The van der Waals surface area contributed by atoms with Crippen LogP contribution in [0, 0.1) is 0 Å². The van der Waals surface area contributed by atoms with Gasteiger partial charge in [0.1, 0.15) is 6.04 Å². The average molecular weight is 257 g/mol. The number of piperidine rings is 1. The van der Waals surface area contributed by atoms with Crippen molar-refractivity contribution in [3.63, 3.8) is 0 Å². The fraction of sp³-hybridized carbons (Fsp3) is 0.727. The van der Waals surface area contributed by atoms with Gasteiger partial charge in [0.25, 0.3) is 5.91 Å². The van der Waals surface area contributed by atoms with Crippen molar-refractivity contribution >= 4 is 17.8 Å². The molecule has 7 nitrogen and oxygen atoms in total. The van der Waals surface area contributed by atoms with Gasteiger partial charge in [-0.15, -0.1) is 0 Å². The number of methoxy groups -OCH3 is 1. The third-order valence-corrected chi connectivity index (χ3v) is 2.81. The van der Waals surface area contributed by atoms with E-state index in [2.05, 4.69) is 10.9 Å². The molecule has 1 atom stereocenters. The normalized spacial score (nSPS) is 20.0. The van der Waals surface area contributed by atoms with Gasteiger partial charge in [0.2, 0.25) is 5.91 Å².